The first kappa shape index (κ1) is 26.8. The van der Waals surface area contributed by atoms with Gasteiger partial charge in [0.05, 0.1) is 38.3 Å². The number of rotatable bonds is 6. The van der Waals surface area contributed by atoms with E-state index >= 15 is 0 Å². The van der Waals surface area contributed by atoms with Crippen molar-refractivity contribution < 1.29 is 38.4 Å². The molecule has 0 radical (unpaired) electrons. The fraction of sp³-hybridized carbons (Fsp3) is 0.483. The number of carboxylic acid groups (broad SMARTS) is 1. The maximum absolute atomic E-state index is 14.1. The predicted octanol–water partition coefficient (Wildman–Crippen LogP) is 3.33. The van der Waals surface area contributed by atoms with Crippen molar-refractivity contribution in [1.29, 1.82) is 0 Å². The Morgan fingerprint density at radius 1 is 1.10 bits per heavy atom. The van der Waals surface area contributed by atoms with Gasteiger partial charge in [-0.15, -0.1) is 0 Å². The fourth-order valence-corrected chi connectivity index (χ4v) is 5.78. The average molecular weight is 539 g/mol. The average Bonchev–Trinajstić information content (AvgIpc) is 3.05. The van der Waals surface area contributed by atoms with Gasteiger partial charge in [-0.05, 0) is 44.4 Å². The van der Waals surface area contributed by atoms with Gasteiger partial charge < -0.3 is 33.9 Å². The molecular formula is C29H34N2O8. The lowest BCUT2D eigenvalue weighted by atomic mass is 9.95. The number of piperidine rings is 1. The van der Waals surface area contributed by atoms with E-state index in [-0.39, 0.29) is 24.3 Å². The number of benzene rings is 2. The Labute approximate surface area is 227 Å². The summed E-state index contributed by atoms with van der Waals surface area (Å²) in [5.74, 6) is -0.260. The number of amides is 2. The van der Waals surface area contributed by atoms with Crippen LogP contribution in [0, 0.1) is 12.8 Å². The number of carbonyl (C=O) groups is 3. The zero-order valence-corrected chi connectivity index (χ0v) is 22.6. The van der Waals surface area contributed by atoms with E-state index in [0.29, 0.717) is 61.0 Å². The summed E-state index contributed by atoms with van der Waals surface area (Å²) in [6, 6.07) is 9.09. The van der Waals surface area contributed by atoms with E-state index in [1.165, 1.54) is 0 Å². The molecule has 39 heavy (non-hydrogen) atoms. The molecular weight excluding hydrogens is 504 g/mol. The number of ether oxygens (including phenoxy) is 4. The molecule has 2 aromatic rings. The fourth-order valence-electron chi connectivity index (χ4n) is 5.78. The minimum atomic E-state index is -1.07. The van der Waals surface area contributed by atoms with Gasteiger partial charge in [-0.3, -0.25) is 14.4 Å². The maximum Gasteiger partial charge on any atom is 0.306 e. The number of methoxy groups -OCH3 is 2. The number of nitrogens with zero attached hydrogens (tertiary/aromatic N) is 2. The molecule has 0 bridgehead atoms. The summed E-state index contributed by atoms with van der Waals surface area (Å²) in [5.41, 5.74) is 2.99. The lowest BCUT2D eigenvalue weighted by Gasteiger charge is -2.36. The normalized spacial score (nSPS) is 23.0. The predicted molar refractivity (Wildman–Crippen MR) is 141 cm³/mol. The zero-order chi connectivity index (χ0) is 27.8. The number of anilines is 1. The third-order valence-corrected chi connectivity index (χ3v) is 7.78. The molecule has 2 amide bonds. The van der Waals surface area contributed by atoms with Gasteiger partial charge in [0.25, 0.3) is 5.91 Å². The second-order valence-electron chi connectivity index (χ2n) is 10.4. The molecule has 1 N–H and O–H groups in total. The van der Waals surface area contributed by atoms with E-state index < -0.39 is 24.1 Å². The van der Waals surface area contributed by atoms with Crippen molar-refractivity contribution in [2.45, 2.75) is 51.4 Å². The van der Waals surface area contributed by atoms with E-state index in [1.807, 2.05) is 38.1 Å². The molecule has 0 saturated carbocycles. The number of carbonyl (C=O) groups excluding carboxylic acids is 2. The highest BCUT2D eigenvalue weighted by Crippen LogP contribution is 2.49. The topological polar surface area (TPSA) is 115 Å². The van der Waals surface area contributed by atoms with Gasteiger partial charge in [-0.1, -0.05) is 18.2 Å². The van der Waals surface area contributed by atoms with Crippen molar-refractivity contribution in [1.82, 2.24) is 4.90 Å². The van der Waals surface area contributed by atoms with E-state index in [0.717, 1.165) is 11.1 Å². The van der Waals surface area contributed by atoms with Gasteiger partial charge in [0.1, 0.15) is 24.6 Å². The molecule has 0 unspecified atom stereocenters. The Hall–Kier alpha value is -3.79. The SMILES string of the molecule is COc1cccc([C@H]2O[C@H](CC(=O)N3CCC(C(=O)O)CC3)C(=O)N3c4c(cc(C)cc42)OC[C@H]3C)c1OC. The van der Waals surface area contributed by atoms with Crippen molar-refractivity contribution in [3.8, 4) is 17.2 Å². The Kier molecular flexibility index (Phi) is 7.40. The molecule has 0 aromatic heterocycles. The smallest absolute Gasteiger partial charge is 0.306 e. The van der Waals surface area contributed by atoms with Gasteiger partial charge >= 0.3 is 5.97 Å². The summed E-state index contributed by atoms with van der Waals surface area (Å²) >= 11 is 0. The van der Waals surface area contributed by atoms with Crippen LogP contribution in [-0.4, -0.2) is 73.9 Å². The van der Waals surface area contributed by atoms with Crippen molar-refractivity contribution in [3.05, 3.63) is 47.0 Å². The van der Waals surface area contributed by atoms with Crippen LogP contribution in [0.3, 0.4) is 0 Å². The van der Waals surface area contributed by atoms with E-state index in [1.54, 1.807) is 30.1 Å². The third-order valence-electron chi connectivity index (χ3n) is 7.78. The Balaban J connectivity index is 1.56. The molecule has 1 fully saturated rings. The minimum absolute atomic E-state index is 0.161. The van der Waals surface area contributed by atoms with Crippen LogP contribution in [0.5, 0.6) is 17.2 Å². The van der Waals surface area contributed by atoms with E-state index in [9.17, 15) is 19.5 Å². The molecule has 3 heterocycles. The van der Waals surface area contributed by atoms with Crippen LogP contribution in [-0.2, 0) is 19.1 Å². The van der Waals surface area contributed by atoms with Crippen molar-refractivity contribution in [2.75, 3.05) is 38.8 Å². The van der Waals surface area contributed by atoms with Crippen LogP contribution < -0.4 is 19.1 Å². The summed E-state index contributed by atoms with van der Waals surface area (Å²) in [5, 5.41) is 9.32. The number of hydrogen-bond acceptors (Lipinski definition) is 7. The minimum Gasteiger partial charge on any atom is -0.493 e. The van der Waals surface area contributed by atoms with Crippen LogP contribution in [0.25, 0.3) is 0 Å². The molecule has 208 valence electrons. The number of aryl methyl sites for hydroxylation is 1. The Morgan fingerprint density at radius 3 is 2.51 bits per heavy atom. The number of likely N-dealkylation sites (tertiary alicyclic amines) is 1. The summed E-state index contributed by atoms with van der Waals surface area (Å²) in [6.45, 7) is 4.85. The molecule has 3 aliphatic rings. The molecule has 3 aliphatic heterocycles. The van der Waals surface area contributed by atoms with Crippen molar-refractivity contribution in [3.63, 3.8) is 0 Å². The monoisotopic (exact) mass is 538 g/mol. The second-order valence-corrected chi connectivity index (χ2v) is 10.4. The van der Waals surface area contributed by atoms with Gasteiger partial charge in [0, 0.05) is 24.2 Å². The van der Waals surface area contributed by atoms with Gasteiger partial charge in [-0.25, -0.2) is 0 Å². The van der Waals surface area contributed by atoms with Gasteiger partial charge in [0.15, 0.2) is 11.5 Å². The van der Waals surface area contributed by atoms with Crippen LogP contribution in [0.1, 0.15) is 49.0 Å². The second kappa shape index (κ2) is 10.8. The standard InChI is InChI=1S/C29H34N2O8/c1-16-12-20-25-22(13-16)38-15-17(2)31(25)28(33)23(14-24(32)30-10-8-18(9-11-30)29(34)35)39-26(20)19-6-5-7-21(36-3)27(19)37-4/h5-7,12-13,17-18,23,26H,8-11,14-15H2,1-4H3,(H,34,35)/t17-,23-,26-/m1/s1. The Bertz CT molecular complexity index is 1290. The first-order valence-electron chi connectivity index (χ1n) is 13.2. The molecule has 0 aliphatic carbocycles. The summed E-state index contributed by atoms with van der Waals surface area (Å²) in [6.07, 6.45) is -1.21. The summed E-state index contributed by atoms with van der Waals surface area (Å²) in [4.78, 5) is 42.2. The number of hydrogen-bond donors (Lipinski definition) is 1. The molecule has 3 atom stereocenters. The highest BCUT2D eigenvalue weighted by Gasteiger charge is 2.44. The van der Waals surface area contributed by atoms with Gasteiger partial charge in [0.2, 0.25) is 5.91 Å². The number of para-hydroxylation sites is 1. The summed E-state index contributed by atoms with van der Waals surface area (Å²) in [7, 11) is 3.11. The maximum atomic E-state index is 14.1. The largest absolute Gasteiger partial charge is 0.493 e. The van der Waals surface area contributed by atoms with Crippen molar-refractivity contribution >= 4 is 23.5 Å². The first-order chi connectivity index (χ1) is 18.7. The van der Waals surface area contributed by atoms with Crippen LogP contribution >= 0.6 is 0 Å². The van der Waals surface area contributed by atoms with Crippen LogP contribution in [0.4, 0.5) is 5.69 Å². The third kappa shape index (κ3) is 4.89. The van der Waals surface area contributed by atoms with E-state index in [2.05, 4.69) is 0 Å². The summed E-state index contributed by atoms with van der Waals surface area (Å²) < 4.78 is 23.9. The van der Waals surface area contributed by atoms with E-state index in [4.69, 9.17) is 18.9 Å². The van der Waals surface area contributed by atoms with Crippen molar-refractivity contribution in [2.24, 2.45) is 5.92 Å². The van der Waals surface area contributed by atoms with Crippen LogP contribution in [0.15, 0.2) is 30.3 Å². The van der Waals surface area contributed by atoms with Crippen LogP contribution in [0.2, 0.25) is 0 Å². The number of carboxylic acids is 1. The first-order valence-corrected chi connectivity index (χ1v) is 13.2. The molecule has 5 rings (SSSR count). The Morgan fingerprint density at radius 2 is 1.85 bits per heavy atom. The zero-order valence-electron chi connectivity index (χ0n) is 22.6. The highest BCUT2D eigenvalue weighted by atomic mass is 16.5. The highest BCUT2D eigenvalue weighted by molar-refractivity contribution is 6.02. The van der Waals surface area contributed by atoms with Gasteiger partial charge in [-0.2, -0.15) is 0 Å². The quantitative estimate of drug-likeness (QED) is 0.596. The molecule has 2 aromatic carbocycles. The number of aliphatic carboxylic acids is 1. The molecule has 10 nitrogen and oxygen atoms in total. The molecule has 1 saturated heterocycles. The lowest BCUT2D eigenvalue weighted by molar-refractivity contribution is -0.148. The molecule has 10 heteroatoms. The molecule has 0 spiro atoms. The lowest BCUT2D eigenvalue weighted by Crippen LogP contribution is -2.50.